The molecule has 21 heavy (non-hydrogen) atoms. The molecule has 110 valence electrons. The van der Waals surface area contributed by atoms with Crippen molar-refractivity contribution < 1.29 is 18.7 Å². The maximum atomic E-state index is 13.6. The van der Waals surface area contributed by atoms with E-state index in [4.69, 9.17) is 9.94 Å². The zero-order valence-corrected chi connectivity index (χ0v) is 11.7. The zero-order valence-electron chi connectivity index (χ0n) is 11.7. The van der Waals surface area contributed by atoms with Crippen molar-refractivity contribution >= 4 is 5.71 Å². The Bertz CT molecular complexity index is 684. The average molecular weight is 291 g/mol. The Kier molecular flexibility index (Phi) is 4.52. The average Bonchev–Trinajstić information content (AvgIpc) is 2.46. The fourth-order valence-electron chi connectivity index (χ4n) is 1.90. The first kappa shape index (κ1) is 15.0. The van der Waals surface area contributed by atoms with Crippen LogP contribution in [0.15, 0.2) is 41.6 Å². The molecule has 0 saturated carbocycles. The molecular weight excluding hydrogens is 276 g/mol. The summed E-state index contributed by atoms with van der Waals surface area (Å²) in [6, 6.07) is 8.70. The van der Waals surface area contributed by atoms with Crippen LogP contribution in [-0.2, 0) is 6.61 Å². The number of ether oxygens (including phenoxy) is 1. The number of hydrogen-bond acceptors (Lipinski definition) is 3. The van der Waals surface area contributed by atoms with Crippen molar-refractivity contribution in [2.75, 3.05) is 0 Å². The largest absolute Gasteiger partial charge is 0.488 e. The molecule has 0 radical (unpaired) electrons. The van der Waals surface area contributed by atoms with E-state index in [1.54, 1.807) is 13.0 Å². The molecule has 0 aliphatic carbocycles. The maximum absolute atomic E-state index is 13.6. The van der Waals surface area contributed by atoms with Gasteiger partial charge in [0.2, 0.25) is 0 Å². The molecule has 2 aromatic carbocycles. The van der Waals surface area contributed by atoms with Crippen LogP contribution in [0.2, 0.25) is 0 Å². The highest BCUT2D eigenvalue weighted by Gasteiger charge is 2.10. The number of nitrogens with zero attached hydrogens (tertiary/aromatic N) is 1. The van der Waals surface area contributed by atoms with Gasteiger partial charge >= 0.3 is 0 Å². The topological polar surface area (TPSA) is 41.8 Å². The van der Waals surface area contributed by atoms with Crippen molar-refractivity contribution in [3.05, 3.63) is 64.7 Å². The third kappa shape index (κ3) is 3.56. The molecule has 0 heterocycles. The highest BCUT2D eigenvalue weighted by molar-refractivity contribution is 6.00. The predicted octanol–water partition coefficient (Wildman–Crippen LogP) is 4.05. The fraction of sp³-hybridized carbons (Fsp3) is 0.188. The second kappa shape index (κ2) is 6.35. The standard InChI is InChI=1S/C16H15F2NO2/c1-10-3-6-16(14(7-10)11(2)19-20)21-9-12-4-5-13(17)8-15(12)18/h3-8,20H,9H2,1-2H3. The minimum absolute atomic E-state index is 0.0408. The van der Waals surface area contributed by atoms with Crippen LogP contribution in [0.1, 0.15) is 23.6 Å². The van der Waals surface area contributed by atoms with Gasteiger partial charge in [0.25, 0.3) is 0 Å². The maximum Gasteiger partial charge on any atom is 0.132 e. The van der Waals surface area contributed by atoms with E-state index in [2.05, 4.69) is 5.16 Å². The van der Waals surface area contributed by atoms with Crippen LogP contribution in [-0.4, -0.2) is 10.9 Å². The van der Waals surface area contributed by atoms with Crippen LogP contribution in [0.3, 0.4) is 0 Å². The Morgan fingerprint density at radius 1 is 1.19 bits per heavy atom. The van der Waals surface area contributed by atoms with Gasteiger partial charge in [-0.05, 0) is 38.1 Å². The quantitative estimate of drug-likeness (QED) is 0.524. The van der Waals surface area contributed by atoms with Crippen LogP contribution in [0.4, 0.5) is 8.78 Å². The van der Waals surface area contributed by atoms with E-state index in [0.717, 1.165) is 11.6 Å². The van der Waals surface area contributed by atoms with Gasteiger partial charge in [0.1, 0.15) is 24.0 Å². The van der Waals surface area contributed by atoms with Crippen LogP contribution >= 0.6 is 0 Å². The number of hydrogen-bond donors (Lipinski definition) is 1. The Labute approximate surface area is 121 Å². The minimum Gasteiger partial charge on any atom is -0.488 e. The third-order valence-electron chi connectivity index (χ3n) is 3.07. The fourth-order valence-corrected chi connectivity index (χ4v) is 1.90. The SMILES string of the molecule is CC(=NO)c1cc(C)ccc1OCc1ccc(F)cc1F. The first-order chi connectivity index (χ1) is 10.0. The normalized spacial score (nSPS) is 11.5. The van der Waals surface area contributed by atoms with Gasteiger partial charge in [-0.2, -0.15) is 0 Å². The number of aryl methyl sites for hydroxylation is 1. The summed E-state index contributed by atoms with van der Waals surface area (Å²) in [6.45, 7) is 3.50. The van der Waals surface area contributed by atoms with Crippen molar-refractivity contribution in [3.8, 4) is 5.75 Å². The van der Waals surface area contributed by atoms with Gasteiger partial charge in [0.15, 0.2) is 0 Å². The zero-order chi connectivity index (χ0) is 15.4. The predicted molar refractivity (Wildman–Crippen MR) is 75.9 cm³/mol. The van der Waals surface area contributed by atoms with E-state index in [9.17, 15) is 8.78 Å². The molecule has 0 amide bonds. The Morgan fingerprint density at radius 3 is 2.62 bits per heavy atom. The molecule has 0 bridgehead atoms. The number of halogens is 2. The second-order valence-corrected chi connectivity index (χ2v) is 4.71. The summed E-state index contributed by atoms with van der Waals surface area (Å²) < 4.78 is 32.0. The molecule has 5 heteroatoms. The molecular formula is C16H15F2NO2. The van der Waals surface area contributed by atoms with Crippen LogP contribution in [0.25, 0.3) is 0 Å². The summed E-state index contributed by atoms with van der Waals surface area (Å²) in [4.78, 5) is 0. The van der Waals surface area contributed by atoms with Gasteiger partial charge < -0.3 is 9.94 Å². The molecule has 2 rings (SSSR count). The van der Waals surface area contributed by atoms with Crippen molar-refractivity contribution in [2.24, 2.45) is 5.16 Å². The molecule has 0 unspecified atom stereocenters. The summed E-state index contributed by atoms with van der Waals surface area (Å²) >= 11 is 0. The molecule has 0 spiro atoms. The minimum atomic E-state index is -0.656. The van der Waals surface area contributed by atoms with Gasteiger partial charge in [-0.25, -0.2) is 8.78 Å². The first-order valence-electron chi connectivity index (χ1n) is 6.37. The molecule has 2 aromatic rings. The molecule has 1 N–H and O–H groups in total. The highest BCUT2D eigenvalue weighted by atomic mass is 19.1. The molecule has 0 aromatic heterocycles. The monoisotopic (exact) mass is 291 g/mol. The summed E-state index contributed by atoms with van der Waals surface area (Å²) in [5.74, 6) is -0.814. The summed E-state index contributed by atoms with van der Waals surface area (Å²) in [6.07, 6.45) is 0. The van der Waals surface area contributed by atoms with Gasteiger partial charge in [-0.1, -0.05) is 16.8 Å². The molecule has 0 aliphatic rings. The molecule has 0 fully saturated rings. The summed E-state index contributed by atoms with van der Waals surface area (Å²) in [7, 11) is 0. The molecule has 0 atom stereocenters. The van der Waals surface area contributed by atoms with Gasteiger partial charge in [0.05, 0.1) is 5.71 Å². The van der Waals surface area contributed by atoms with Crippen molar-refractivity contribution in [1.82, 2.24) is 0 Å². The van der Waals surface area contributed by atoms with E-state index in [-0.39, 0.29) is 12.2 Å². The van der Waals surface area contributed by atoms with E-state index in [1.165, 1.54) is 12.1 Å². The van der Waals surface area contributed by atoms with Gasteiger partial charge in [-0.3, -0.25) is 0 Å². The highest BCUT2D eigenvalue weighted by Crippen LogP contribution is 2.23. The van der Waals surface area contributed by atoms with Crippen LogP contribution in [0, 0.1) is 18.6 Å². The van der Waals surface area contributed by atoms with E-state index >= 15 is 0 Å². The number of oxime groups is 1. The third-order valence-corrected chi connectivity index (χ3v) is 3.07. The smallest absolute Gasteiger partial charge is 0.132 e. The molecule has 0 saturated heterocycles. The second-order valence-electron chi connectivity index (χ2n) is 4.71. The Balaban J connectivity index is 2.24. The molecule has 0 aliphatic heterocycles. The Hall–Kier alpha value is -2.43. The van der Waals surface area contributed by atoms with Gasteiger partial charge in [0, 0.05) is 17.2 Å². The lowest BCUT2D eigenvalue weighted by Crippen LogP contribution is -2.04. The van der Waals surface area contributed by atoms with Crippen LogP contribution in [0.5, 0.6) is 5.75 Å². The van der Waals surface area contributed by atoms with E-state index in [0.29, 0.717) is 17.0 Å². The van der Waals surface area contributed by atoms with E-state index < -0.39 is 11.6 Å². The number of rotatable bonds is 4. The van der Waals surface area contributed by atoms with E-state index in [1.807, 2.05) is 19.1 Å². The lowest BCUT2D eigenvalue weighted by molar-refractivity contribution is 0.297. The van der Waals surface area contributed by atoms with Crippen molar-refractivity contribution in [1.29, 1.82) is 0 Å². The number of benzene rings is 2. The Morgan fingerprint density at radius 2 is 1.95 bits per heavy atom. The summed E-state index contributed by atoms with van der Waals surface area (Å²) in [5, 5.41) is 12.1. The van der Waals surface area contributed by atoms with Crippen LogP contribution < -0.4 is 4.74 Å². The van der Waals surface area contributed by atoms with Crippen molar-refractivity contribution in [2.45, 2.75) is 20.5 Å². The lowest BCUT2D eigenvalue weighted by Gasteiger charge is -2.12. The lowest BCUT2D eigenvalue weighted by atomic mass is 10.1. The molecule has 3 nitrogen and oxygen atoms in total. The summed E-state index contributed by atoms with van der Waals surface area (Å²) in [5.41, 5.74) is 2.25. The van der Waals surface area contributed by atoms with Gasteiger partial charge in [-0.15, -0.1) is 0 Å². The first-order valence-corrected chi connectivity index (χ1v) is 6.37. The van der Waals surface area contributed by atoms with Crippen molar-refractivity contribution in [3.63, 3.8) is 0 Å².